The van der Waals surface area contributed by atoms with Gasteiger partial charge < -0.3 is 20.2 Å². The smallest absolute Gasteiger partial charge is 0.206 e. The highest BCUT2D eigenvalue weighted by molar-refractivity contribution is 5.93. The number of hydrogen-bond donors (Lipinski definition) is 2. The van der Waals surface area contributed by atoms with Crippen LogP contribution >= 0.6 is 0 Å². The van der Waals surface area contributed by atoms with E-state index in [4.69, 9.17) is 15.7 Å². The highest BCUT2D eigenvalue weighted by Gasteiger charge is 2.07. The summed E-state index contributed by atoms with van der Waals surface area (Å²) in [5.74, 6) is 0.453. The third-order valence-corrected chi connectivity index (χ3v) is 1.84. The van der Waals surface area contributed by atoms with Gasteiger partial charge in [0.1, 0.15) is 0 Å². The van der Waals surface area contributed by atoms with Gasteiger partial charge in [-0.2, -0.15) is 0 Å². The Labute approximate surface area is 88.4 Å². The molecule has 0 saturated carbocycles. The maximum atomic E-state index is 8.52. The topological polar surface area (TPSA) is 85.7 Å². The first-order chi connectivity index (χ1) is 7.15. The quantitative estimate of drug-likeness (QED) is 0.320. The van der Waals surface area contributed by atoms with Gasteiger partial charge in [-0.15, -0.1) is 0 Å². The van der Waals surface area contributed by atoms with Gasteiger partial charge in [-0.3, -0.25) is 0 Å². The van der Waals surface area contributed by atoms with Crippen molar-refractivity contribution in [3.05, 3.63) is 18.2 Å². The summed E-state index contributed by atoms with van der Waals surface area (Å²) in [6, 6.07) is 0. The summed E-state index contributed by atoms with van der Waals surface area (Å²) < 4.78 is 7.17. The molecular formula is C9H16N4O2. The zero-order chi connectivity index (χ0) is 11.3. The number of aromatic nitrogens is 2. The van der Waals surface area contributed by atoms with E-state index in [-0.39, 0.29) is 11.9 Å². The van der Waals surface area contributed by atoms with Gasteiger partial charge in [-0.05, 0) is 13.8 Å². The Hall–Kier alpha value is -1.56. The summed E-state index contributed by atoms with van der Waals surface area (Å²) in [6.45, 7) is 5.14. The maximum absolute atomic E-state index is 8.52. The van der Waals surface area contributed by atoms with Crippen LogP contribution in [-0.2, 0) is 11.3 Å². The van der Waals surface area contributed by atoms with E-state index in [2.05, 4.69) is 10.1 Å². The fourth-order valence-corrected chi connectivity index (χ4v) is 1.15. The Kier molecular flexibility index (Phi) is 4.11. The van der Waals surface area contributed by atoms with E-state index in [0.717, 1.165) is 0 Å². The Morgan fingerprint density at radius 2 is 2.47 bits per heavy atom. The van der Waals surface area contributed by atoms with Crippen LogP contribution in [0.4, 0.5) is 0 Å². The molecule has 0 fully saturated rings. The van der Waals surface area contributed by atoms with Crippen LogP contribution < -0.4 is 5.73 Å². The van der Waals surface area contributed by atoms with E-state index >= 15 is 0 Å². The average molecular weight is 212 g/mol. The van der Waals surface area contributed by atoms with E-state index < -0.39 is 0 Å². The van der Waals surface area contributed by atoms with Crippen LogP contribution in [0.2, 0.25) is 0 Å². The SMILES string of the molecule is CC(C)OCCn1ccnc1C(N)=NO. The summed E-state index contributed by atoms with van der Waals surface area (Å²) in [5, 5.41) is 11.4. The van der Waals surface area contributed by atoms with Crippen molar-refractivity contribution in [1.29, 1.82) is 0 Å². The first kappa shape index (κ1) is 11.5. The molecule has 6 heteroatoms. The number of ether oxygens (including phenoxy) is 1. The number of oxime groups is 1. The van der Waals surface area contributed by atoms with Crippen molar-refractivity contribution in [2.45, 2.75) is 26.5 Å². The van der Waals surface area contributed by atoms with Crippen molar-refractivity contribution in [1.82, 2.24) is 9.55 Å². The zero-order valence-corrected chi connectivity index (χ0v) is 8.92. The first-order valence-electron chi connectivity index (χ1n) is 4.75. The number of amidine groups is 1. The van der Waals surface area contributed by atoms with Crippen molar-refractivity contribution in [3.8, 4) is 0 Å². The molecule has 84 valence electrons. The second-order valence-corrected chi connectivity index (χ2v) is 3.35. The monoisotopic (exact) mass is 212 g/mol. The molecule has 0 radical (unpaired) electrons. The molecule has 0 unspecified atom stereocenters. The third-order valence-electron chi connectivity index (χ3n) is 1.84. The van der Waals surface area contributed by atoms with Crippen LogP contribution in [0.25, 0.3) is 0 Å². The van der Waals surface area contributed by atoms with E-state index in [9.17, 15) is 0 Å². The molecule has 0 aliphatic carbocycles. The number of imidazole rings is 1. The van der Waals surface area contributed by atoms with Gasteiger partial charge in [0, 0.05) is 18.9 Å². The second kappa shape index (κ2) is 5.35. The largest absolute Gasteiger partial charge is 0.409 e. The molecule has 1 aromatic heterocycles. The van der Waals surface area contributed by atoms with Gasteiger partial charge in [0.05, 0.1) is 12.7 Å². The normalized spacial score (nSPS) is 12.3. The lowest BCUT2D eigenvalue weighted by atomic mass is 10.5. The van der Waals surface area contributed by atoms with Crippen LogP contribution in [0.5, 0.6) is 0 Å². The number of hydrogen-bond acceptors (Lipinski definition) is 4. The van der Waals surface area contributed by atoms with Crippen LogP contribution in [0.15, 0.2) is 17.5 Å². The fraction of sp³-hybridized carbons (Fsp3) is 0.556. The van der Waals surface area contributed by atoms with Gasteiger partial charge in [0.15, 0.2) is 5.82 Å². The molecule has 1 heterocycles. The zero-order valence-electron chi connectivity index (χ0n) is 8.92. The molecule has 6 nitrogen and oxygen atoms in total. The van der Waals surface area contributed by atoms with Gasteiger partial charge in [-0.25, -0.2) is 4.98 Å². The van der Waals surface area contributed by atoms with Crippen molar-refractivity contribution >= 4 is 5.84 Å². The Morgan fingerprint density at radius 1 is 1.73 bits per heavy atom. The minimum Gasteiger partial charge on any atom is -0.409 e. The van der Waals surface area contributed by atoms with Crippen molar-refractivity contribution in [2.75, 3.05) is 6.61 Å². The van der Waals surface area contributed by atoms with Crippen molar-refractivity contribution < 1.29 is 9.94 Å². The third kappa shape index (κ3) is 3.25. The van der Waals surface area contributed by atoms with E-state index in [0.29, 0.717) is 19.0 Å². The molecule has 0 aliphatic heterocycles. The van der Waals surface area contributed by atoms with Crippen LogP contribution in [0.3, 0.4) is 0 Å². The van der Waals surface area contributed by atoms with Crippen LogP contribution in [0.1, 0.15) is 19.7 Å². The lowest BCUT2D eigenvalue weighted by Gasteiger charge is -2.09. The molecule has 0 saturated heterocycles. The fourth-order valence-electron chi connectivity index (χ4n) is 1.15. The molecule has 0 bridgehead atoms. The Balaban J connectivity index is 2.58. The molecule has 0 amide bonds. The summed E-state index contributed by atoms with van der Waals surface area (Å²) in [4.78, 5) is 3.98. The van der Waals surface area contributed by atoms with Crippen molar-refractivity contribution in [3.63, 3.8) is 0 Å². The van der Waals surface area contributed by atoms with Gasteiger partial charge in [0.2, 0.25) is 5.84 Å². The predicted octanol–water partition coefficient (Wildman–Crippen LogP) is 0.403. The second-order valence-electron chi connectivity index (χ2n) is 3.35. The summed E-state index contributed by atoms with van der Waals surface area (Å²) >= 11 is 0. The molecule has 1 rings (SSSR count). The molecular weight excluding hydrogens is 196 g/mol. The number of nitrogens with zero attached hydrogens (tertiary/aromatic N) is 3. The Bertz CT molecular complexity index is 333. The van der Waals surface area contributed by atoms with Gasteiger partial charge in [0.25, 0.3) is 0 Å². The summed E-state index contributed by atoms with van der Waals surface area (Å²) in [6.07, 6.45) is 3.56. The van der Waals surface area contributed by atoms with Gasteiger partial charge >= 0.3 is 0 Å². The standard InChI is InChI=1S/C9H16N4O2/c1-7(2)15-6-5-13-4-3-11-9(13)8(10)12-14/h3-4,7,14H,5-6H2,1-2H3,(H2,10,12). The highest BCUT2D eigenvalue weighted by atomic mass is 16.5. The van der Waals surface area contributed by atoms with Crippen molar-refractivity contribution in [2.24, 2.45) is 10.9 Å². The molecule has 3 N–H and O–H groups in total. The molecule has 15 heavy (non-hydrogen) atoms. The molecule has 0 spiro atoms. The van der Waals surface area contributed by atoms with Crippen LogP contribution in [0, 0.1) is 0 Å². The van der Waals surface area contributed by atoms with Gasteiger partial charge in [-0.1, -0.05) is 5.16 Å². The predicted molar refractivity (Wildman–Crippen MR) is 55.8 cm³/mol. The average Bonchev–Trinajstić information content (AvgIpc) is 2.64. The van der Waals surface area contributed by atoms with E-state index in [1.165, 1.54) is 0 Å². The number of rotatable bonds is 5. The number of nitrogens with two attached hydrogens (primary N) is 1. The summed E-state index contributed by atoms with van der Waals surface area (Å²) in [7, 11) is 0. The lowest BCUT2D eigenvalue weighted by Crippen LogP contribution is -2.21. The highest BCUT2D eigenvalue weighted by Crippen LogP contribution is 1.98. The molecule has 1 aromatic rings. The molecule has 0 aliphatic rings. The maximum Gasteiger partial charge on any atom is 0.206 e. The van der Waals surface area contributed by atoms with Crippen LogP contribution in [-0.4, -0.2) is 33.3 Å². The minimum absolute atomic E-state index is 0.00421. The molecule has 0 aromatic carbocycles. The first-order valence-corrected chi connectivity index (χ1v) is 4.75. The van der Waals surface area contributed by atoms with E-state index in [1.54, 1.807) is 17.0 Å². The Morgan fingerprint density at radius 3 is 3.07 bits per heavy atom. The lowest BCUT2D eigenvalue weighted by molar-refractivity contribution is 0.0726. The summed E-state index contributed by atoms with van der Waals surface area (Å²) in [5.41, 5.74) is 5.45. The minimum atomic E-state index is 0.00421. The van der Waals surface area contributed by atoms with E-state index in [1.807, 2.05) is 13.8 Å². The molecule has 0 atom stereocenters.